The molecule has 160 valence electrons. The Bertz CT molecular complexity index is 1020. The fourth-order valence-corrected chi connectivity index (χ4v) is 4.86. The number of rotatable bonds is 7. The Balaban J connectivity index is 1.53. The number of para-hydroxylation sites is 1. The molecule has 2 aromatic carbocycles. The van der Waals surface area contributed by atoms with E-state index in [9.17, 15) is 23.3 Å². The zero-order valence-electron chi connectivity index (χ0n) is 16.0. The number of nitro benzene ring substituents is 1. The Morgan fingerprint density at radius 2 is 1.70 bits per heavy atom. The van der Waals surface area contributed by atoms with E-state index in [1.807, 2.05) is 17.0 Å². The van der Waals surface area contributed by atoms with Gasteiger partial charge in [-0.25, -0.2) is 8.42 Å². The van der Waals surface area contributed by atoms with Crippen molar-refractivity contribution in [1.29, 1.82) is 0 Å². The Morgan fingerprint density at radius 1 is 1.07 bits per heavy atom. The standard InChI is InChI=1S/C19H21ClN4O5S/c20-16-7-5-15(6-8-16)13-21-19(25)14-22-9-11-23(12-10-22)30(28,29)18-4-2-1-3-17(18)24(26)27/h1-8H,9-14H2,(H,21,25). The summed E-state index contributed by atoms with van der Waals surface area (Å²) in [5.41, 5.74) is 0.481. The summed E-state index contributed by atoms with van der Waals surface area (Å²) in [7, 11) is -3.99. The third-order valence-electron chi connectivity index (χ3n) is 4.78. The third-order valence-corrected chi connectivity index (χ3v) is 6.98. The molecular formula is C19H21ClN4O5S. The van der Waals surface area contributed by atoms with E-state index < -0.39 is 20.6 Å². The average molecular weight is 453 g/mol. The maximum atomic E-state index is 12.8. The zero-order chi connectivity index (χ0) is 21.7. The third kappa shape index (κ3) is 5.33. The minimum absolute atomic E-state index is 0.146. The van der Waals surface area contributed by atoms with Gasteiger partial charge < -0.3 is 5.32 Å². The number of halogens is 1. The van der Waals surface area contributed by atoms with Gasteiger partial charge in [-0.3, -0.25) is 19.8 Å². The lowest BCUT2D eigenvalue weighted by Gasteiger charge is -2.33. The highest BCUT2D eigenvalue weighted by atomic mass is 35.5. The van der Waals surface area contributed by atoms with Crippen LogP contribution in [0.1, 0.15) is 5.56 Å². The van der Waals surface area contributed by atoms with Gasteiger partial charge >= 0.3 is 0 Å². The Kier molecular flexibility index (Phi) is 7.03. The molecule has 3 rings (SSSR count). The summed E-state index contributed by atoms with van der Waals surface area (Å²) in [5, 5.41) is 14.6. The van der Waals surface area contributed by atoms with Crippen molar-refractivity contribution in [3.63, 3.8) is 0 Å². The van der Waals surface area contributed by atoms with Crippen LogP contribution in [0.4, 0.5) is 5.69 Å². The average Bonchev–Trinajstić information content (AvgIpc) is 2.73. The number of amides is 1. The van der Waals surface area contributed by atoms with Crippen LogP contribution in [0.2, 0.25) is 5.02 Å². The molecule has 0 atom stereocenters. The van der Waals surface area contributed by atoms with Crippen molar-refractivity contribution in [2.75, 3.05) is 32.7 Å². The number of carbonyl (C=O) groups excluding carboxylic acids is 1. The van der Waals surface area contributed by atoms with E-state index in [0.29, 0.717) is 24.7 Å². The van der Waals surface area contributed by atoms with Gasteiger partial charge in [0.25, 0.3) is 5.69 Å². The first-order chi connectivity index (χ1) is 14.3. The molecule has 0 saturated carbocycles. The first-order valence-electron chi connectivity index (χ1n) is 9.24. The van der Waals surface area contributed by atoms with Crippen molar-refractivity contribution in [1.82, 2.24) is 14.5 Å². The molecule has 0 unspecified atom stereocenters. The van der Waals surface area contributed by atoms with Crippen LogP contribution in [-0.4, -0.2) is 61.2 Å². The molecule has 0 spiro atoms. The fourth-order valence-electron chi connectivity index (χ4n) is 3.16. The van der Waals surface area contributed by atoms with Crippen LogP contribution in [0, 0.1) is 10.1 Å². The van der Waals surface area contributed by atoms with Gasteiger partial charge in [-0.2, -0.15) is 4.31 Å². The molecule has 11 heteroatoms. The van der Waals surface area contributed by atoms with E-state index in [1.54, 1.807) is 12.1 Å². The highest BCUT2D eigenvalue weighted by molar-refractivity contribution is 7.89. The molecule has 1 amide bonds. The van der Waals surface area contributed by atoms with Gasteiger partial charge in [-0.15, -0.1) is 0 Å². The lowest BCUT2D eigenvalue weighted by Crippen LogP contribution is -2.51. The number of piperazine rings is 1. The van der Waals surface area contributed by atoms with Crippen LogP contribution in [0.5, 0.6) is 0 Å². The summed E-state index contributed by atoms with van der Waals surface area (Å²) in [4.78, 5) is 24.2. The quantitative estimate of drug-likeness (QED) is 0.507. The van der Waals surface area contributed by atoms with E-state index in [-0.39, 0.29) is 30.4 Å². The van der Waals surface area contributed by atoms with Crippen molar-refractivity contribution in [3.05, 3.63) is 69.2 Å². The lowest BCUT2D eigenvalue weighted by atomic mass is 10.2. The molecular weight excluding hydrogens is 432 g/mol. The normalized spacial score (nSPS) is 15.6. The van der Waals surface area contributed by atoms with Gasteiger partial charge in [0.1, 0.15) is 0 Å². The highest BCUT2D eigenvalue weighted by Crippen LogP contribution is 2.26. The number of sulfonamides is 1. The summed E-state index contributed by atoms with van der Waals surface area (Å²) >= 11 is 5.84. The predicted molar refractivity (Wildman–Crippen MR) is 112 cm³/mol. The van der Waals surface area contributed by atoms with E-state index in [4.69, 9.17) is 11.6 Å². The second-order valence-electron chi connectivity index (χ2n) is 6.81. The summed E-state index contributed by atoms with van der Waals surface area (Å²) in [5.74, 6) is -0.167. The second kappa shape index (κ2) is 9.52. The van der Waals surface area contributed by atoms with Crippen LogP contribution in [0.15, 0.2) is 53.4 Å². The molecule has 0 radical (unpaired) electrons. The summed E-state index contributed by atoms with van der Waals surface area (Å²) < 4.78 is 26.9. The zero-order valence-corrected chi connectivity index (χ0v) is 17.6. The van der Waals surface area contributed by atoms with Crippen molar-refractivity contribution >= 4 is 33.2 Å². The van der Waals surface area contributed by atoms with Crippen LogP contribution in [-0.2, 0) is 21.4 Å². The monoisotopic (exact) mass is 452 g/mol. The number of benzene rings is 2. The molecule has 1 aliphatic heterocycles. The molecule has 0 aliphatic carbocycles. The molecule has 30 heavy (non-hydrogen) atoms. The number of nitrogens with one attached hydrogen (secondary N) is 1. The van der Waals surface area contributed by atoms with Crippen molar-refractivity contribution in [3.8, 4) is 0 Å². The number of carbonyl (C=O) groups is 1. The number of nitrogens with zero attached hydrogens (tertiary/aromatic N) is 3. The molecule has 1 saturated heterocycles. The molecule has 0 aromatic heterocycles. The number of hydrogen-bond acceptors (Lipinski definition) is 6. The van der Waals surface area contributed by atoms with Crippen LogP contribution in [0.25, 0.3) is 0 Å². The highest BCUT2D eigenvalue weighted by Gasteiger charge is 2.33. The minimum Gasteiger partial charge on any atom is -0.351 e. The maximum absolute atomic E-state index is 12.8. The number of hydrogen-bond donors (Lipinski definition) is 1. The maximum Gasteiger partial charge on any atom is 0.289 e. The number of nitro groups is 1. The topological polar surface area (TPSA) is 113 Å². The first kappa shape index (κ1) is 22.2. The second-order valence-corrected chi connectivity index (χ2v) is 9.15. The van der Waals surface area contributed by atoms with Crippen molar-refractivity contribution < 1.29 is 18.1 Å². The van der Waals surface area contributed by atoms with Crippen molar-refractivity contribution in [2.45, 2.75) is 11.4 Å². The summed E-state index contributed by atoms with van der Waals surface area (Å²) in [6.07, 6.45) is 0. The van der Waals surface area contributed by atoms with Crippen LogP contribution in [0.3, 0.4) is 0 Å². The largest absolute Gasteiger partial charge is 0.351 e. The minimum atomic E-state index is -3.99. The van der Waals surface area contributed by atoms with E-state index in [2.05, 4.69) is 5.32 Å². The Hall–Kier alpha value is -2.53. The molecule has 2 aromatic rings. The van der Waals surface area contributed by atoms with Gasteiger partial charge in [0.05, 0.1) is 11.5 Å². The smallest absolute Gasteiger partial charge is 0.289 e. The van der Waals surface area contributed by atoms with E-state index in [0.717, 1.165) is 5.56 Å². The summed E-state index contributed by atoms with van der Waals surface area (Å²) in [6.45, 7) is 1.54. The van der Waals surface area contributed by atoms with Gasteiger partial charge in [-0.05, 0) is 23.8 Å². The molecule has 9 nitrogen and oxygen atoms in total. The summed E-state index contributed by atoms with van der Waals surface area (Å²) in [6, 6.07) is 12.5. The van der Waals surface area contributed by atoms with Gasteiger partial charge in [0.2, 0.25) is 15.9 Å². The van der Waals surface area contributed by atoms with Gasteiger partial charge in [-0.1, -0.05) is 35.9 Å². The predicted octanol–water partition coefficient (Wildman–Crippen LogP) is 1.87. The first-order valence-corrected chi connectivity index (χ1v) is 11.1. The van der Waals surface area contributed by atoms with E-state index >= 15 is 0 Å². The fraction of sp³-hybridized carbons (Fsp3) is 0.316. The van der Waals surface area contributed by atoms with Gasteiger partial charge in [0.15, 0.2) is 4.90 Å². The van der Waals surface area contributed by atoms with Crippen LogP contribution >= 0.6 is 11.6 Å². The molecule has 1 N–H and O–H groups in total. The SMILES string of the molecule is O=C(CN1CCN(S(=O)(=O)c2ccccc2[N+](=O)[O-])CC1)NCc1ccc(Cl)cc1. The van der Waals surface area contributed by atoms with E-state index in [1.165, 1.54) is 28.6 Å². The Morgan fingerprint density at radius 3 is 2.33 bits per heavy atom. The molecule has 1 heterocycles. The van der Waals surface area contributed by atoms with Gasteiger partial charge in [0, 0.05) is 43.8 Å². The molecule has 0 bridgehead atoms. The lowest BCUT2D eigenvalue weighted by molar-refractivity contribution is -0.387. The molecule has 1 aliphatic rings. The molecule has 1 fully saturated rings. The Labute approximate surface area is 179 Å². The van der Waals surface area contributed by atoms with Crippen molar-refractivity contribution in [2.24, 2.45) is 0 Å². The van der Waals surface area contributed by atoms with Crippen LogP contribution < -0.4 is 5.32 Å².